The Bertz CT molecular complexity index is 431. The lowest BCUT2D eigenvalue weighted by molar-refractivity contribution is -0.0800. The molecule has 1 aliphatic rings. The van der Waals surface area contributed by atoms with E-state index in [4.69, 9.17) is 9.15 Å². The Labute approximate surface area is 120 Å². The summed E-state index contributed by atoms with van der Waals surface area (Å²) in [5.74, 6) is 1.23. The molecule has 1 fully saturated rings. The highest BCUT2D eigenvalue weighted by Crippen LogP contribution is 2.43. The fourth-order valence-electron chi connectivity index (χ4n) is 2.53. The van der Waals surface area contributed by atoms with Gasteiger partial charge in [0.25, 0.3) is 0 Å². The van der Waals surface area contributed by atoms with Gasteiger partial charge in [-0.15, -0.1) is 5.10 Å². The molecule has 0 aliphatic heterocycles. The number of aromatic nitrogens is 2. The van der Waals surface area contributed by atoms with Gasteiger partial charge in [0.15, 0.2) is 0 Å². The molecule has 6 heteroatoms. The summed E-state index contributed by atoms with van der Waals surface area (Å²) in [6.07, 6.45) is 1.25. The molecule has 1 heterocycles. The van der Waals surface area contributed by atoms with Crippen LogP contribution in [-0.4, -0.2) is 36.0 Å². The Morgan fingerprint density at radius 1 is 1.40 bits per heavy atom. The summed E-state index contributed by atoms with van der Waals surface area (Å²) in [5.41, 5.74) is 0.0826. The zero-order valence-electron chi connectivity index (χ0n) is 13.1. The first-order chi connectivity index (χ1) is 9.43. The SMILES string of the molecule is COC1CC(Nc2nnc(CNCC(C)C)o2)C1(C)C. The topological polar surface area (TPSA) is 72.2 Å². The van der Waals surface area contributed by atoms with E-state index in [2.05, 4.69) is 48.5 Å². The molecule has 20 heavy (non-hydrogen) atoms. The van der Waals surface area contributed by atoms with Gasteiger partial charge in [0.1, 0.15) is 0 Å². The molecule has 1 aromatic rings. The maximum atomic E-state index is 5.60. The van der Waals surface area contributed by atoms with Crippen molar-refractivity contribution in [1.29, 1.82) is 0 Å². The fourth-order valence-corrected chi connectivity index (χ4v) is 2.53. The molecule has 0 spiro atoms. The Kier molecular flexibility index (Phi) is 4.65. The van der Waals surface area contributed by atoms with Crippen molar-refractivity contribution in [2.24, 2.45) is 11.3 Å². The minimum absolute atomic E-state index is 0.0826. The lowest BCUT2D eigenvalue weighted by atomic mass is 9.64. The standard InChI is InChI=1S/C14H26N4O2/c1-9(2)7-15-8-12-17-18-13(20-12)16-10-6-11(19-5)14(10,3)4/h9-11,15H,6-8H2,1-5H3,(H,16,18). The Morgan fingerprint density at radius 3 is 2.75 bits per heavy atom. The highest BCUT2D eigenvalue weighted by atomic mass is 16.5. The molecule has 6 nitrogen and oxygen atoms in total. The van der Waals surface area contributed by atoms with Gasteiger partial charge >= 0.3 is 6.01 Å². The van der Waals surface area contributed by atoms with Crippen molar-refractivity contribution in [3.63, 3.8) is 0 Å². The fraction of sp³-hybridized carbons (Fsp3) is 0.857. The van der Waals surface area contributed by atoms with Crippen LogP contribution < -0.4 is 10.6 Å². The van der Waals surface area contributed by atoms with Crippen LogP contribution in [0.15, 0.2) is 4.42 Å². The second-order valence-electron chi connectivity index (χ2n) is 6.50. The lowest BCUT2D eigenvalue weighted by Crippen LogP contribution is -2.57. The summed E-state index contributed by atoms with van der Waals surface area (Å²) in [5, 5.41) is 14.7. The van der Waals surface area contributed by atoms with E-state index in [1.54, 1.807) is 7.11 Å². The summed E-state index contributed by atoms with van der Waals surface area (Å²) < 4.78 is 11.0. The van der Waals surface area contributed by atoms with Crippen LogP contribution in [0.3, 0.4) is 0 Å². The van der Waals surface area contributed by atoms with E-state index < -0.39 is 0 Å². The van der Waals surface area contributed by atoms with Crippen LogP contribution in [0.25, 0.3) is 0 Å². The molecule has 0 saturated heterocycles. The monoisotopic (exact) mass is 282 g/mol. The van der Waals surface area contributed by atoms with Crippen LogP contribution in [0.4, 0.5) is 6.01 Å². The van der Waals surface area contributed by atoms with Gasteiger partial charge in [-0.05, 0) is 18.9 Å². The number of methoxy groups -OCH3 is 1. The maximum Gasteiger partial charge on any atom is 0.315 e. The van der Waals surface area contributed by atoms with Crippen molar-refractivity contribution >= 4 is 6.01 Å². The number of nitrogens with one attached hydrogen (secondary N) is 2. The quantitative estimate of drug-likeness (QED) is 0.797. The molecule has 0 bridgehead atoms. The van der Waals surface area contributed by atoms with Crippen LogP contribution in [0.1, 0.15) is 40.0 Å². The number of nitrogens with zero attached hydrogens (tertiary/aromatic N) is 2. The molecule has 1 saturated carbocycles. The van der Waals surface area contributed by atoms with Gasteiger partial charge < -0.3 is 19.8 Å². The molecule has 1 aliphatic carbocycles. The van der Waals surface area contributed by atoms with Gasteiger partial charge in [-0.25, -0.2) is 0 Å². The smallest absolute Gasteiger partial charge is 0.315 e. The average molecular weight is 282 g/mol. The van der Waals surface area contributed by atoms with Crippen LogP contribution in [0.5, 0.6) is 0 Å². The van der Waals surface area contributed by atoms with Gasteiger partial charge in [0, 0.05) is 18.6 Å². The van der Waals surface area contributed by atoms with Crippen molar-refractivity contribution < 1.29 is 9.15 Å². The van der Waals surface area contributed by atoms with Crippen LogP contribution >= 0.6 is 0 Å². The molecule has 114 valence electrons. The summed E-state index contributed by atoms with van der Waals surface area (Å²) in [7, 11) is 1.76. The van der Waals surface area contributed by atoms with Gasteiger partial charge in [0.05, 0.1) is 12.6 Å². The molecule has 2 unspecified atom stereocenters. The third kappa shape index (κ3) is 3.30. The largest absolute Gasteiger partial charge is 0.407 e. The van der Waals surface area contributed by atoms with Gasteiger partial charge in [-0.2, -0.15) is 0 Å². The first-order valence-corrected chi connectivity index (χ1v) is 7.26. The molecule has 2 N–H and O–H groups in total. The Morgan fingerprint density at radius 2 is 2.15 bits per heavy atom. The van der Waals surface area contributed by atoms with E-state index >= 15 is 0 Å². The van der Waals surface area contributed by atoms with Gasteiger partial charge in [-0.1, -0.05) is 32.8 Å². The molecule has 0 amide bonds. The van der Waals surface area contributed by atoms with Crippen LogP contribution in [0, 0.1) is 11.3 Å². The third-order valence-electron chi connectivity index (χ3n) is 4.06. The predicted octanol–water partition coefficient (Wildman–Crippen LogP) is 2.04. The molecule has 2 rings (SSSR count). The van der Waals surface area contributed by atoms with E-state index in [9.17, 15) is 0 Å². The normalized spacial score (nSPS) is 24.7. The number of ether oxygens (including phenoxy) is 1. The van der Waals surface area contributed by atoms with E-state index in [1.807, 2.05) is 0 Å². The second kappa shape index (κ2) is 6.10. The first kappa shape index (κ1) is 15.3. The molecular formula is C14H26N4O2. The minimum atomic E-state index is 0.0826. The van der Waals surface area contributed by atoms with Crippen molar-refractivity contribution in [2.45, 2.75) is 52.8 Å². The first-order valence-electron chi connectivity index (χ1n) is 7.26. The van der Waals surface area contributed by atoms with E-state index in [-0.39, 0.29) is 11.5 Å². The van der Waals surface area contributed by atoms with Gasteiger partial charge in [0.2, 0.25) is 5.89 Å². The van der Waals surface area contributed by atoms with E-state index in [1.165, 1.54) is 0 Å². The zero-order valence-corrected chi connectivity index (χ0v) is 13.1. The van der Waals surface area contributed by atoms with Gasteiger partial charge in [-0.3, -0.25) is 0 Å². The summed E-state index contributed by atoms with van der Waals surface area (Å²) in [6.45, 7) is 10.3. The predicted molar refractivity (Wildman–Crippen MR) is 77.4 cm³/mol. The van der Waals surface area contributed by atoms with E-state index in [0.29, 0.717) is 30.4 Å². The molecule has 0 radical (unpaired) electrons. The summed E-state index contributed by atoms with van der Waals surface area (Å²) in [6, 6.07) is 0.809. The second-order valence-corrected chi connectivity index (χ2v) is 6.50. The van der Waals surface area contributed by atoms with E-state index in [0.717, 1.165) is 13.0 Å². The highest BCUT2D eigenvalue weighted by molar-refractivity contribution is 5.25. The molecular weight excluding hydrogens is 256 g/mol. The average Bonchev–Trinajstić information content (AvgIpc) is 2.81. The van der Waals surface area contributed by atoms with Crippen molar-refractivity contribution in [3.8, 4) is 0 Å². The van der Waals surface area contributed by atoms with Crippen molar-refractivity contribution in [2.75, 3.05) is 19.0 Å². The minimum Gasteiger partial charge on any atom is -0.407 e. The Balaban J connectivity index is 1.82. The van der Waals surface area contributed by atoms with Crippen LogP contribution in [0.2, 0.25) is 0 Å². The Hall–Kier alpha value is -1.14. The van der Waals surface area contributed by atoms with Crippen molar-refractivity contribution in [1.82, 2.24) is 15.5 Å². The number of hydrogen-bond acceptors (Lipinski definition) is 6. The summed E-state index contributed by atoms with van der Waals surface area (Å²) in [4.78, 5) is 0. The number of hydrogen-bond donors (Lipinski definition) is 2. The number of anilines is 1. The lowest BCUT2D eigenvalue weighted by Gasteiger charge is -2.50. The highest BCUT2D eigenvalue weighted by Gasteiger charge is 2.49. The maximum absolute atomic E-state index is 5.60. The van der Waals surface area contributed by atoms with Crippen molar-refractivity contribution in [3.05, 3.63) is 5.89 Å². The zero-order chi connectivity index (χ0) is 14.8. The number of rotatable bonds is 7. The van der Waals surface area contributed by atoms with Crippen LogP contribution in [-0.2, 0) is 11.3 Å². The molecule has 2 atom stereocenters. The third-order valence-corrected chi connectivity index (χ3v) is 4.06. The molecule has 0 aromatic carbocycles. The molecule has 1 aromatic heterocycles. The summed E-state index contributed by atoms with van der Waals surface area (Å²) >= 11 is 0.